The van der Waals surface area contributed by atoms with Crippen molar-refractivity contribution in [3.8, 4) is 5.75 Å². The number of amides is 1. The van der Waals surface area contributed by atoms with Crippen molar-refractivity contribution in [1.82, 2.24) is 19.8 Å². The standard InChI is InChI=1S/C26H35ClN6O3/c1-6-36-23-8-7-19(13-21(23)27)17(4)28-25-20-14-33(16(2)3)22(15-34)24(20)29-26(30-25)32-11-9-31(10-12-32)18(5)35/h7-8,13,15-17,22H,6,9-12,14H2,1-5H3,(H,28,29,30)/t17?,22-/m0/s1. The minimum absolute atomic E-state index is 0.0725. The molecule has 2 aliphatic rings. The number of piperazine rings is 1. The number of nitrogens with one attached hydrogen (secondary N) is 1. The van der Waals surface area contributed by atoms with E-state index in [0.717, 1.165) is 28.9 Å². The van der Waals surface area contributed by atoms with Crippen LogP contribution in [0.3, 0.4) is 0 Å². The summed E-state index contributed by atoms with van der Waals surface area (Å²) in [6, 6.07) is 5.44. The van der Waals surface area contributed by atoms with E-state index in [9.17, 15) is 9.59 Å². The highest BCUT2D eigenvalue weighted by atomic mass is 35.5. The second-order valence-electron chi connectivity index (χ2n) is 9.57. The zero-order valence-electron chi connectivity index (χ0n) is 21.6. The highest BCUT2D eigenvalue weighted by Gasteiger charge is 2.37. The Hall–Kier alpha value is -2.91. The molecule has 194 valence electrons. The van der Waals surface area contributed by atoms with E-state index in [1.165, 1.54) is 0 Å². The summed E-state index contributed by atoms with van der Waals surface area (Å²) in [5.74, 6) is 2.03. The van der Waals surface area contributed by atoms with Gasteiger partial charge in [-0.25, -0.2) is 4.98 Å². The lowest BCUT2D eigenvalue weighted by Crippen LogP contribution is -2.48. The number of hydrogen-bond donors (Lipinski definition) is 1. The molecule has 1 aromatic heterocycles. The van der Waals surface area contributed by atoms with Crippen LogP contribution in [-0.4, -0.2) is 70.8 Å². The average Bonchev–Trinajstić information content (AvgIpc) is 3.24. The van der Waals surface area contributed by atoms with Crippen molar-refractivity contribution in [2.24, 2.45) is 0 Å². The molecule has 1 saturated heterocycles. The largest absolute Gasteiger partial charge is 0.492 e. The first-order valence-corrected chi connectivity index (χ1v) is 12.9. The maximum Gasteiger partial charge on any atom is 0.227 e. The van der Waals surface area contributed by atoms with Crippen LogP contribution in [0, 0.1) is 0 Å². The molecule has 9 nitrogen and oxygen atoms in total. The van der Waals surface area contributed by atoms with E-state index in [1.54, 1.807) is 6.92 Å². The van der Waals surface area contributed by atoms with E-state index in [0.29, 0.717) is 56.1 Å². The maximum atomic E-state index is 12.2. The molecule has 0 radical (unpaired) electrons. The number of benzene rings is 1. The second kappa shape index (κ2) is 11.0. The molecule has 0 aliphatic carbocycles. The molecule has 1 aromatic carbocycles. The Morgan fingerprint density at radius 3 is 2.53 bits per heavy atom. The Bertz CT molecular complexity index is 1120. The molecule has 1 amide bonds. The van der Waals surface area contributed by atoms with E-state index in [2.05, 4.69) is 35.9 Å². The first-order valence-electron chi connectivity index (χ1n) is 12.5. The van der Waals surface area contributed by atoms with Crippen LogP contribution in [0.1, 0.15) is 63.5 Å². The Morgan fingerprint density at radius 2 is 1.94 bits per heavy atom. The van der Waals surface area contributed by atoms with Crippen LogP contribution in [0.15, 0.2) is 18.2 Å². The zero-order valence-corrected chi connectivity index (χ0v) is 22.4. The van der Waals surface area contributed by atoms with Gasteiger partial charge in [0, 0.05) is 51.3 Å². The van der Waals surface area contributed by atoms with Crippen molar-refractivity contribution in [2.45, 2.75) is 59.3 Å². The number of rotatable bonds is 8. The van der Waals surface area contributed by atoms with Gasteiger partial charge < -0.3 is 24.6 Å². The predicted molar refractivity (Wildman–Crippen MR) is 141 cm³/mol. The van der Waals surface area contributed by atoms with Gasteiger partial charge in [-0.3, -0.25) is 9.69 Å². The topological polar surface area (TPSA) is 90.9 Å². The van der Waals surface area contributed by atoms with Crippen LogP contribution in [0.25, 0.3) is 0 Å². The summed E-state index contributed by atoms with van der Waals surface area (Å²) in [5, 5.41) is 4.13. The highest BCUT2D eigenvalue weighted by molar-refractivity contribution is 6.32. The number of hydrogen-bond acceptors (Lipinski definition) is 8. The maximum absolute atomic E-state index is 12.2. The van der Waals surface area contributed by atoms with Gasteiger partial charge in [-0.05, 0) is 45.4 Å². The third-order valence-corrected chi connectivity index (χ3v) is 7.21. The number of carbonyl (C=O) groups is 2. The fourth-order valence-corrected chi connectivity index (χ4v) is 5.05. The first kappa shape index (κ1) is 26.2. The molecular weight excluding hydrogens is 480 g/mol. The predicted octanol–water partition coefficient (Wildman–Crippen LogP) is 3.83. The van der Waals surface area contributed by atoms with Gasteiger partial charge in [-0.1, -0.05) is 17.7 Å². The molecule has 1 N–H and O–H groups in total. The number of aldehydes is 1. The molecule has 10 heteroatoms. The summed E-state index contributed by atoms with van der Waals surface area (Å²) >= 11 is 6.44. The van der Waals surface area contributed by atoms with Gasteiger partial charge in [0.15, 0.2) is 0 Å². The van der Waals surface area contributed by atoms with Crippen molar-refractivity contribution in [3.63, 3.8) is 0 Å². The number of halogens is 1. The molecule has 2 aliphatic heterocycles. The van der Waals surface area contributed by atoms with E-state index >= 15 is 0 Å². The molecule has 1 fully saturated rings. The van der Waals surface area contributed by atoms with E-state index < -0.39 is 6.04 Å². The summed E-state index contributed by atoms with van der Waals surface area (Å²) in [7, 11) is 0. The van der Waals surface area contributed by atoms with Crippen molar-refractivity contribution in [2.75, 3.05) is 43.0 Å². The van der Waals surface area contributed by atoms with Crippen molar-refractivity contribution in [1.29, 1.82) is 0 Å². The Labute approximate surface area is 217 Å². The lowest BCUT2D eigenvalue weighted by molar-refractivity contribution is -0.129. The van der Waals surface area contributed by atoms with E-state index in [1.807, 2.05) is 30.0 Å². The summed E-state index contributed by atoms with van der Waals surface area (Å²) in [5.41, 5.74) is 2.69. The summed E-state index contributed by atoms with van der Waals surface area (Å²) in [4.78, 5) is 39.8. The summed E-state index contributed by atoms with van der Waals surface area (Å²) in [6.07, 6.45) is 0.968. The molecule has 1 unspecified atom stereocenters. The molecule has 0 saturated carbocycles. The number of anilines is 2. The minimum atomic E-state index is -0.420. The van der Waals surface area contributed by atoms with Crippen LogP contribution in [0.4, 0.5) is 11.8 Å². The Morgan fingerprint density at radius 1 is 1.22 bits per heavy atom. The van der Waals surface area contributed by atoms with Crippen LogP contribution >= 0.6 is 11.6 Å². The van der Waals surface area contributed by atoms with Gasteiger partial charge in [-0.15, -0.1) is 0 Å². The van der Waals surface area contributed by atoms with Gasteiger partial charge >= 0.3 is 0 Å². The molecular formula is C26H35ClN6O3. The van der Waals surface area contributed by atoms with E-state index in [-0.39, 0.29) is 18.0 Å². The van der Waals surface area contributed by atoms with Gasteiger partial charge in [0.05, 0.1) is 23.4 Å². The van der Waals surface area contributed by atoms with Crippen molar-refractivity contribution in [3.05, 3.63) is 40.0 Å². The SMILES string of the molecule is CCOc1ccc(C(C)Nc2nc(N3CCN(C(C)=O)CC3)nc3c2CN(C(C)C)[C@H]3C=O)cc1Cl. The Kier molecular flexibility index (Phi) is 8.00. The summed E-state index contributed by atoms with van der Waals surface area (Å²) in [6.45, 7) is 13.4. The van der Waals surface area contributed by atoms with Gasteiger partial charge in [0.2, 0.25) is 11.9 Å². The molecule has 36 heavy (non-hydrogen) atoms. The monoisotopic (exact) mass is 514 g/mol. The number of carbonyl (C=O) groups excluding carboxylic acids is 2. The van der Waals surface area contributed by atoms with Gasteiger partial charge in [0.25, 0.3) is 0 Å². The molecule has 2 atom stereocenters. The smallest absolute Gasteiger partial charge is 0.227 e. The third-order valence-electron chi connectivity index (χ3n) is 6.91. The number of nitrogens with zero attached hydrogens (tertiary/aromatic N) is 5. The Balaban J connectivity index is 1.67. The van der Waals surface area contributed by atoms with Crippen LogP contribution < -0.4 is 15.0 Å². The normalized spacial score (nSPS) is 18.8. The number of fused-ring (bicyclic) bond motifs is 1. The molecule has 3 heterocycles. The zero-order chi connectivity index (χ0) is 26.0. The molecule has 4 rings (SSSR count). The highest BCUT2D eigenvalue weighted by Crippen LogP contribution is 2.39. The fourth-order valence-electron chi connectivity index (χ4n) is 4.80. The average molecular weight is 515 g/mol. The quantitative estimate of drug-likeness (QED) is 0.531. The fraction of sp³-hybridized carbons (Fsp3) is 0.538. The second-order valence-corrected chi connectivity index (χ2v) is 9.97. The van der Waals surface area contributed by atoms with Gasteiger partial charge in [0.1, 0.15) is 23.9 Å². The lowest BCUT2D eigenvalue weighted by atomic mass is 10.1. The third kappa shape index (κ3) is 5.27. The number of aromatic nitrogens is 2. The van der Waals surface area contributed by atoms with Crippen LogP contribution in [-0.2, 0) is 16.1 Å². The minimum Gasteiger partial charge on any atom is -0.492 e. The van der Waals surface area contributed by atoms with Gasteiger partial charge in [-0.2, -0.15) is 4.98 Å². The van der Waals surface area contributed by atoms with Crippen LogP contribution in [0.5, 0.6) is 5.75 Å². The molecule has 0 spiro atoms. The lowest BCUT2D eigenvalue weighted by Gasteiger charge is -2.34. The van der Waals surface area contributed by atoms with E-state index in [4.69, 9.17) is 26.3 Å². The number of ether oxygens (including phenoxy) is 1. The van der Waals surface area contributed by atoms with Crippen molar-refractivity contribution >= 4 is 35.6 Å². The van der Waals surface area contributed by atoms with Crippen LogP contribution in [0.2, 0.25) is 5.02 Å². The molecule has 2 aromatic rings. The molecule has 0 bridgehead atoms. The summed E-state index contributed by atoms with van der Waals surface area (Å²) < 4.78 is 5.57. The van der Waals surface area contributed by atoms with Crippen molar-refractivity contribution < 1.29 is 14.3 Å². The first-order chi connectivity index (χ1) is 17.2.